The van der Waals surface area contributed by atoms with Crippen LogP contribution in [0, 0.1) is 0 Å². The lowest BCUT2D eigenvalue weighted by molar-refractivity contribution is -0.131. The van der Waals surface area contributed by atoms with Gasteiger partial charge in [-0.05, 0) is 36.2 Å². The third-order valence-corrected chi connectivity index (χ3v) is 7.25. The number of rotatable bonds is 7. The minimum absolute atomic E-state index is 0.0998. The minimum atomic E-state index is -3.70. The Kier molecular flexibility index (Phi) is 8.00. The first-order chi connectivity index (χ1) is 15.3. The van der Waals surface area contributed by atoms with Crippen molar-refractivity contribution in [1.82, 2.24) is 14.1 Å². The molecule has 1 saturated heterocycles. The van der Waals surface area contributed by atoms with Gasteiger partial charge in [-0.3, -0.25) is 14.5 Å². The molecular formula is C23H30N4O4S. The van der Waals surface area contributed by atoms with E-state index in [1.165, 1.54) is 26.1 Å². The van der Waals surface area contributed by atoms with Gasteiger partial charge >= 0.3 is 0 Å². The van der Waals surface area contributed by atoms with Crippen LogP contribution in [0.25, 0.3) is 0 Å². The zero-order valence-corrected chi connectivity index (χ0v) is 19.3. The largest absolute Gasteiger partial charge is 0.340 e. The average Bonchev–Trinajstić information content (AvgIpc) is 3.01. The fraction of sp³-hybridized carbons (Fsp3) is 0.391. The summed E-state index contributed by atoms with van der Waals surface area (Å²) >= 11 is 0. The van der Waals surface area contributed by atoms with Crippen molar-refractivity contribution in [2.24, 2.45) is 0 Å². The highest BCUT2D eigenvalue weighted by molar-refractivity contribution is 7.89. The van der Waals surface area contributed by atoms with Gasteiger partial charge in [-0.2, -0.15) is 4.31 Å². The molecule has 1 heterocycles. The Morgan fingerprint density at radius 1 is 0.969 bits per heavy atom. The number of nitrogens with zero attached hydrogens (tertiary/aromatic N) is 3. The van der Waals surface area contributed by atoms with Crippen molar-refractivity contribution in [3.8, 4) is 0 Å². The van der Waals surface area contributed by atoms with Gasteiger partial charge in [-0.1, -0.05) is 30.3 Å². The van der Waals surface area contributed by atoms with E-state index in [1.807, 2.05) is 24.3 Å². The number of likely N-dealkylation sites (N-methyl/N-ethyl adjacent to an activating group) is 1. The maximum Gasteiger partial charge on any atom is 0.243 e. The van der Waals surface area contributed by atoms with Crippen LogP contribution in [-0.2, 0) is 26.2 Å². The summed E-state index contributed by atoms with van der Waals surface area (Å²) in [5.74, 6) is -0.286. The summed E-state index contributed by atoms with van der Waals surface area (Å²) in [6.45, 7) is 4.79. The normalized spacial score (nSPS) is 15.4. The van der Waals surface area contributed by atoms with Crippen molar-refractivity contribution in [1.29, 1.82) is 0 Å². The number of hydrogen-bond acceptors (Lipinski definition) is 5. The maximum atomic E-state index is 12.8. The van der Waals surface area contributed by atoms with Gasteiger partial charge in [0.05, 0.1) is 11.4 Å². The topological polar surface area (TPSA) is 90.0 Å². The van der Waals surface area contributed by atoms with Gasteiger partial charge < -0.3 is 10.2 Å². The number of benzene rings is 2. The molecule has 1 aliphatic rings. The summed E-state index contributed by atoms with van der Waals surface area (Å²) in [4.78, 5) is 28.2. The standard InChI is InChI=1S/C23H30N4O4S/c1-19(28)24-21-11-9-20(10-12-21)17-26-13-6-14-27(16-15-26)23(29)18-25(2)32(30,31)22-7-4-3-5-8-22/h3-5,7-12H,6,13-18H2,1-2H3,(H,24,28). The second-order valence-electron chi connectivity index (χ2n) is 7.96. The summed E-state index contributed by atoms with van der Waals surface area (Å²) in [5, 5.41) is 2.76. The lowest BCUT2D eigenvalue weighted by atomic mass is 10.2. The van der Waals surface area contributed by atoms with E-state index in [4.69, 9.17) is 0 Å². The molecule has 32 heavy (non-hydrogen) atoms. The fourth-order valence-electron chi connectivity index (χ4n) is 3.68. The van der Waals surface area contributed by atoms with Gasteiger partial charge in [0.25, 0.3) is 0 Å². The first kappa shape index (κ1) is 23.9. The quantitative estimate of drug-likeness (QED) is 0.686. The molecule has 0 saturated carbocycles. The van der Waals surface area contributed by atoms with Crippen molar-refractivity contribution in [3.63, 3.8) is 0 Å². The second-order valence-corrected chi connectivity index (χ2v) is 10.0. The molecular weight excluding hydrogens is 428 g/mol. The SMILES string of the molecule is CC(=O)Nc1ccc(CN2CCCN(C(=O)CN(C)S(=O)(=O)c3ccccc3)CC2)cc1. The van der Waals surface area contributed by atoms with Crippen LogP contribution in [0.2, 0.25) is 0 Å². The summed E-state index contributed by atoms with van der Waals surface area (Å²) in [5.41, 5.74) is 1.90. The van der Waals surface area contributed by atoms with Gasteiger partial charge in [0.15, 0.2) is 0 Å². The summed E-state index contributed by atoms with van der Waals surface area (Å²) < 4.78 is 26.5. The monoisotopic (exact) mass is 458 g/mol. The van der Waals surface area contributed by atoms with E-state index in [2.05, 4.69) is 10.2 Å². The molecule has 0 aliphatic carbocycles. The molecule has 172 valence electrons. The maximum absolute atomic E-state index is 12.8. The number of sulfonamides is 1. The second kappa shape index (κ2) is 10.7. The number of carbonyl (C=O) groups excluding carboxylic acids is 2. The van der Waals surface area contributed by atoms with E-state index < -0.39 is 10.0 Å². The number of hydrogen-bond donors (Lipinski definition) is 1. The van der Waals surface area contributed by atoms with Crippen LogP contribution < -0.4 is 5.32 Å². The van der Waals surface area contributed by atoms with Crippen LogP contribution >= 0.6 is 0 Å². The van der Waals surface area contributed by atoms with E-state index in [1.54, 1.807) is 23.1 Å². The first-order valence-electron chi connectivity index (χ1n) is 10.6. The van der Waals surface area contributed by atoms with Crippen molar-refractivity contribution in [3.05, 3.63) is 60.2 Å². The Morgan fingerprint density at radius 3 is 2.31 bits per heavy atom. The van der Waals surface area contributed by atoms with Crippen LogP contribution in [0.5, 0.6) is 0 Å². The zero-order valence-electron chi connectivity index (χ0n) is 18.5. The molecule has 0 radical (unpaired) electrons. The molecule has 0 bridgehead atoms. The fourth-order valence-corrected chi connectivity index (χ4v) is 4.82. The highest BCUT2D eigenvalue weighted by atomic mass is 32.2. The third kappa shape index (κ3) is 6.38. The molecule has 0 spiro atoms. The van der Waals surface area contributed by atoms with Crippen LogP contribution in [0.15, 0.2) is 59.5 Å². The Hall–Kier alpha value is -2.75. The van der Waals surface area contributed by atoms with Gasteiger partial charge in [-0.15, -0.1) is 0 Å². The molecule has 0 unspecified atom stereocenters. The Bertz CT molecular complexity index is 1030. The smallest absolute Gasteiger partial charge is 0.243 e. The minimum Gasteiger partial charge on any atom is -0.340 e. The van der Waals surface area contributed by atoms with E-state index in [-0.39, 0.29) is 23.3 Å². The van der Waals surface area contributed by atoms with Gasteiger partial charge in [0.2, 0.25) is 21.8 Å². The molecule has 2 aromatic rings. The predicted octanol–water partition coefficient (Wildman–Crippen LogP) is 2.00. The van der Waals surface area contributed by atoms with E-state index in [9.17, 15) is 18.0 Å². The molecule has 0 aromatic heterocycles. The molecule has 0 atom stereocenters. The number of nitrogens with one attached hydrogen (secondary N) is 1. The summed E-state index contributed by atoms with van der Waals surface area (Å²) in [6.07, 6.45) is 0.824. The molecule has 8 nitrogen and oxygen atoms in total. The molecule has 3 rings (SSSR count). The van der Waals surface area contributed by atoms with Gasteiger partial charge in [0.1, 0.15) is 0 Å². The Balaban J connectivity index is 1.53. The highest BCUT2D eigenvalue weighted by Gasteiger charge is 2.26. The van der Waals surface area contributed by atoms with E-state index >= 15 is 0 Å². The van der Waals surface area contributed by atoms with Crippen molar-refractivity contribution in [2.45, 2.75) is 24.8 Å². The number of carbonyl (C=O) groups is 2. The van der Waals surface area contributed by atoms with Gasteiger partial charge in [0, 0.05) is 52.4 Å². The lowest BCUT2D eigenvalue weighted by Crippen LogP contribution is -2.42. The zero-order chi connectivity index (χ0) is 23.1. The van der Waals surface area contributed by atoms with Gasteiger partial charge in [-0.25, -0.2) is 8.42 Å². The van der Waals surface area contributed by atoms with Crippen molar-refractivity contribution >= 4 is 27.5 Å². The van der Waals surface area contributed by atoms with E-state index in [0.717, 1.165) is 35.1 Å². The Morgan fingerprint density at radius 2 is 1.66 bits per heavy atom. The molecule has 2 aromatic carbocycles. The van der Waals surface area contributed by atoms with Crippen molar-refractivity contribution < 1.29 is 18.0 Å². The summed E-state index contributed by atoms with van der Waals surface area (Å²) in [7, 11) is -2.26. The summed E-state index contributed by atoms with van der Waals surface area (Å²) in [6, 6.07) is 15.9. The molecule has 2 amide bonds. The van der Waals surface area contributed by atoms with Crippen LogP contribution in [0.3, 0.4) is 0 Å². The van der Waals surface area contributed by atoms with E-state index in [0.29, 0.717) is 19.6 Å². The molecule has 1 aliphatic heterocycles. The predicted molar refractivity (Wildman–Crippen MR) is 123 cm³/mol. The van der Waals surface area contributed by atoms with Crippen LogP contribution in [0.1, 0.15) is 18.9 Å². The molecule has 1 fully saturated rings. The van der Waals surface area contributed by atoms with Crippen LogP contribution in [-0.4, -0.2) is 74.1 Å². The Labute approximate surface area is 189 Å². The third-order valence-electron chi connectivity index (χ3n) is 5.43. The average molecular weight is 459 g/mol. The van der Waals surface area contributed by atoms with Crippen molar-refractivity contribution in [2.75, 3.05) is 45.1 Å². The number of amides is 2. The first-order valence-corrected chi connectivity index (χ1v) is 12.1. The molecule has 1 N–H and O–H groups in total. The lowest BCUT2D eigenvalue weighted by Gasteiger charge is -2.24. The number of anilines is 1. The highest BCUT2D eigenvalue weighted by Crippen LogP contribution is 2.15. The van der Waals surface area contributed by atoms with Crippen LogP contribution in [0.4, 0.5) is 5.69 Å². The molecule has 9 heteroatoms.